The lowest BCUT2D eigenvalue weighted by atomic mass is 9.94. The molecule has 0 radical (unpaired) electrons. The summed E-state index contributed by atoms with van der Waals surface area (Å²) in [4.78, 5) is 26.1. The molecule has 0 amide bonds. The van der Waals surface area contributed by atoms with Crippen molar-refractivity contribution in [3.8, 4) is 56.8 Å². The Kier molecular flexibility index (Phi) is 9.94. The van der Waals surface area contributed by atoms with E-state index in [-0.39, 0.29) is 35.5 Å². The molecule has 0 atom stereocenters. The summed E-state index contributed by atoms with van der Waals surface area (Å²) >= 11 is 3.54. The van der Waals surface area contributed by atoms with E-state index in [1.807, 2.05) is 0 Å². The van der Waals surface area contributed by atoms with Gasteiger partial charge in [-0.1, -0.05) is 28.1 Å². The van der Waals surface area contributed by atoms with Crippen molar-refractivity contribution in [1.29, 1.82) is 0 Å². The highest BCUT2D eigenvalue weighted by molar-refractivity contribution is 9.10. The Morgan fingerprint density at radius 2 is 1.00 bits per heavy atom. The number of carboxylic acid groups (broad SMARTS) is 2. The second-order valence-corrected chi connectivity index (χ2v) is 10.3. The van der Waals surface area contributed by atoms with Crippen molar-refractivity contribution in [1.82, 2.24) is 4.57 Å². The molecule has 0 unspecified atom stereocenters. The van der Waals surface area contributed by atoms with Crippen LogP contribution in [0.2, 0.25) is 0 Å². The van der Waals surface area contributed by atoms with Gasteiger partial charge in [-0.15, -0.1) is 0 Å². The molecule has 0 saturated heterocycles. The summed E-state index contributed by atoms with van der Waals surface area (Å²) in [6.45, 7) is 0.00489. The zero-order valence-electron chi connectivity index (χ0n) is 25.0. The van der Waals surface area contributed by atoms with E-state index in [1.165, 1.54) is 47.2 Å². The van der Waals surface area contributed by atoms with Crippen molar-refractivity contribution in [2.24, 2.45) is 0 Å². The van der Waals surface area contributed by atoms with E-state index < -0.39 is 11.9 Å². The highest BCUT2D eigenvalue weighted by Gasteiger charge is 2.33. The molecule has 1 aromatic heterocycles. The average Bonchev–Trinajstić information content (AvgIpc) is 3.38. The van der Waals surface area contributed by atoms with Crippen molar-refractivity contribution in [2.75, 3.05) is 42.7 Å². The monoisotopic (exact) mass is 669 g/mol. The van der Waals surface area contributed by atoms with Crippen molar-refractivity contribution >= 4 is 27.9 Å². The lowest BCUT2D eigenvalue weighted by Crippen LogP contribution is -2.16. The minimum absolute atomic E-state index is 0.00489. The van der Waals surface area contributed by atoms with Crippen LogP contribution in [0.3, 0.4) is 0 Å². The van der Waals surface area contributed by atoms with E-state index in [1.54, 1.807) is 48.5 Å². The molecule has 0 spiro atoms. The van der Waals surface area contributed by atoms with Crippen LogP contribution in [0.1, 0.15) is 26.5 Å². The number of hydrogen-bond acceptors (Lipinski definition) is 8. The SMILES string of the molecule is COc1ccc(-c2c(-c3ccc(OC)c(OC)c3)c(C(=O)O)n(CCc3cc(OC)c(OC)cc3Br)c2C(=O)O)cc1OC. The lowest BCUT2D eigenvalue weighted by Gasteiger charge is -2.14. The molecule has 4 rings (SSSR count). The molecule has 12 heteroatoms. The van der Waals surface area contributed by atoms with Crippen LogP contribution >= 0.6 is 15.9 Å². The maximum Gasteiger partial charge on any atom is 0.353 e. The van der Waals surface area contributed by atoms with Gasteiger partial charge in [0, 0.05) is 22.1 Å². The van der Waals surface area contributed by atoms with Gasteiger partial charge < -0.3 is 43.2 Å². The fraction of sp³-hybridized carbons (Fsp3) is 0.250. The van der Waals surface area contributed by atoms with Gasteiger partial charge in [0.25, 0.3) is 0 Å². The molecule has 3 aromatic carbocycles. The summed E-state index contributed by atoms with van der Waals surface area (Å²) < 4.78 is 34.6. The Bertz CT molecular complexity index is 1620. The molecule has 2 N–H and O–H groups in total. The maximum atomic E-state index is 13.0. The summed E-state index contributed by atoms with van der Waals surface area (Å²) in [6, 6.07) is 13.3. The third-order valence-corrected chi connectivity index (χ3v) is 7.91. The molecule has 44 heavy (non-hydrogen) atoms. The molecule has 0 aliphatic rings. The third-order valence-electron chi connectivity index (χ3n) is 7.17. The van der Waals surface area contributed by atoms with Gasteiger partial charge in [-0.05, 0) is 59.5 Å². The summed E-state index contributed by atoms with van der Waals surface area (Å²) in [6.07, 6.45) is 0.257. The minimum atomic E-state index is -1.31. The van der Waals surface area contributed by atoms with E-state index in [0.717, 1.165) is 5.56 Å². The summed E-state index contributed by atoms with van der Waals surface area (Å²) in [5.74, 6) is -0.0862. The first-order valence-corrected chi connectivity index (χ1v) is 14.0. The number of rotatable bonds is 13. The smallest absolute Gasteiger partial charge is 0.353 e. The Labute approximate surface area is 262 Å². The van der Waals surface area contributed by atoms with Crippen LogP contribution in [0, 0.1) is 0 Å². The Morgan fingerprint density at radius 3 is 1.39 bits per heavy atom. The number of hydrogen-bond donors (Lipinski definition) is 2. The highest BCUT2D eigenvalue weighted by atomic mass is 79.9. The number of aryl methyl sites for hydroxylation is 1. The molecule has 0 saturated carbocycles. The van der Waals surface area contributed by atoms with Crippen LogP contribution in [0.15, 0.2) is 53.0 Å². The van der Waals surface area contributed by atoms with Crippen LogP contribution in [-0.2, 0) is 13.0 Å². The van der Waals surface area contributed by atoms with Gasteiger partial charge in [0.05, 0.1) is 42.7 Å². The van der Waals surface area contributed by atoms with Crippen molar-refractivity contribution in [2.45, 2.75) is 13.0 Å². The number of methoxy groups -OCH3 is 6. The predicted octanol–water partition coefficient (Wildman–Crippen LogP) is 6.28. The highest BCUT2D eigenvalue weighted by Crippen LogP contribution is 2.45. The molecular formula is C32H32BrNO10. The maximum absolute atomic E-state index is 13.0. The van der Waals surface area contributed by atoms with E-state index in [9.17, 15) is 19.8 Å². The molecule has 11 nitrogen and oxygen atoms in total. The third kappa shape index (κ3) is 5.98. The van der Waals surface area contributed by atoms with Gasteiger partial charge in [-0.2, -0.15) is 0 Å². The fourth-order valence-corrected chi connectivity index (χ4v) is 5.67. The molecule has 0 fully saturated rings. The number of nitrogens with zero attached hydrogens (tertiary/aromatic N) is 1. The zero-order chi connectivity index (χ0) is 32.1. The Morgan fingerprint density at radius 1 is 0.614 bits per heavy atom. The van der Waals surface area contributed by atoms with Gasteiger partial charge >= 0.3 is 11.9 Å². The summed E-state index contributed by atoms with van der Waals surface area (Å²) in [5.41, 5.74) is 1.54. The fourth-order valence-electron chi connectivity index (χ4n) is 5.15. The van der Waals surface area contributed by atoms with Crippen LogP contribution < -0.4 is 28.4 Å². The second kappa shape index (κ2) is 13.6. The quantitative estimate of drug-likeness (QED) is 0.168. The normalized spacial score (nSPS) is 10.7. The number of aromatic nitrogens is 1. The van der Waals surface area contributed by atoms with Gasteiger partial charge in [-0.3, -0.25) is 0 Å². The van der Waals surface area contributed by atoms with Crippen LogP contribution in [0.25, 0.3) is 22.3 Å². The number of halogens is 1. The van der Waals surface area contributed by atoms with Crippen LogP contribution in [0.4, 0.5) is 0 Å². The molecular weight excluding hydrogens is 638 g/mol. The van der Waals surface area contributed by atoms with E-state index in [2.05, 4.69) is 15.9 Å². The molecule has 0 aliphatic carbocycles. The first kappa shape index (κ1) is 32.1. The largest absolute Gasteiger partial charge is 0.493 e. The van der Waals surface area contributed by atoms with Gasteiger partial charge in [0.15, 0.2) is 34.5 Å². The molecule has 0 aliphatic heterocycles. The van der Waals surface area contributed by atoms with Crippen LogP contribution in [0.5, 0.6) is 34.5 Å². The van der Waals surface area contributed by atoms with Gasteiger partial charge in [0.2, 0.25) is 0 Å². The van der Waals surface area contributed by atoms with Crippen molar-refractivity contribution in [3.05, 3.63) is 70.0 Å². The average molecular weight is 671 g/mol. The molecule has 4 aromatic rings. The second-order valence-electron chi connectivity index (χ2n) is 9.40. The Balaban J connectivity index is 2.05. The van der Waals surface area contributed by atoms with Gasteiger partial charge in [0.1, 0.15) is 11.4 Å². The summed E-state index contributed by atoms with van der Waals surface area (Å²) in [7, 11) is 8.93. The lowest BCUT2D eigenvalue weighted by molar-refractivity contribution is 0.0677. The Hall–Kier alpha value is -4.84. The van der Waals surface area contributed by atoms with E-state index in [4.69, 9.17) is 28.4 Å². The zero-order valence-corrected chi connectivity index (χ0v) is 26.6. The molecule has 232 valence electrons. The predicted molar refractivity (Wildman–Crippen MR) is 166 cm³/mol. The van der Waals surface area contributed by atoms with E-state index in [0.29, 0.717) is 50.1 Å². The number of benzene rings is 3. The minimum Gasteiger partial charge on any atom is -0.493 e. The molecule has 0 bridgehead atoms. The topological polar surface area (TPSA) is 135 Å². The summed E-state index contributed by atoms with van der Waals surface area (Å²) in [5, 5.41) is 21.3. The first-order chi connectivity index (χ1) is 21.1. The first-order valence-electron chi connectivity index (χ1n) is 13.2. The van der Waals surface area contributed by atoms with Crippen molar-refractivity contribution in [3.63, 3.8) is 0 Å². The number of ether oxygens (including phenoxy) is 6. The number of carbonyl (C=O) groups is 2. The number of aromatic carboxylic acids is 2. The standard InChI is InChI=1S/C32H32BrNO10/c1-39-21-9-7-18(14-23(21)41-3)27-28(19-8-10-22(40-2)24(15-19)42-4)30(32(37)38)34(29(27)31(35)36)12-11-17-13-25(43-5)26(44-6)16-20(17)33/h7-10,13-16H,11-12H2,1-6H3,(H,35,36)(H,37,38). The number of carboxylic acids is 2. The van der Waals surface area contributed by atoms with Gasteiger partial charge in [-0.25, -0.2) is 9.59 Å². The van der Waals surface area contributed by atoms with Crippen LogP contribution in [-0.4, -0.2) is 69.4 Å². The molecule has 1 heterocycles. The van der Waals surface area contributed by atoms with Crippen molar-refractivity contribution < 1.29 is 48.2 Å². The van der Waals surface area contributed by atoms with E-state index >= 15 is 0 Å².